The monoisotopic (exact) mass is 529 g/mol. The Balaban J connectivity index is 1.39. The fraction of sp³-hybridized carbons (Fsp3) is 0.310. The van der Waals surface area contributed by atoms with Crippen molar-refractivity contribution in [3.8, 4) is 11.5 Å². The summed E-state index contributed by atoms with van der Waals surface area (Å²) in [5, 5.41) is 11.4. The van der Waals surface area contributed by atoms with E-state index in [0.29, 0.717) is 28.1 Å². The molecule has 4 aromatic rings. The van der Waals surface area contributed by atoms with Gasteiger partial charge in [0.2, 0.25) is 18.6 Å². The van der Waals surface area contributed by atoms with Crippen molar-refractivity contribution in [1.29, 1.82) is 0 Å². The molecule has 10 heteroatoms. The first kappa shape index (κ1) is 24.8. The number of para-hydroxylation sites is 1. The quantitative estimate of drug-likeness (QED) is 0.369. The molecule has 1 unspecified atom stereocenters. The summed E-state index contributed by atoms with van der Waals surface area (Å²) in [6.45, 7) is -0.0195. The number of benzene rings is 3. The number of rotatable bonds is 8. The number of hydrogen-bond donors (Lipinski definition) is 1. The van der Waals surface area contributed by atoms with E-state index < -0.39 is 23.7 Å². The summed E-state index contributed by atoms with van der Waals surface area (Å²) < 4.78 is 27.7. The van der Waals surface area contributed by atoms with Crippen LogP contribution in [-0.4, -0.2) is 44.5 Å². The zero-order valence-electron chi connectivity index (χ0n) is 21.3. The van der Waals surface area contributed by atoms with Crippen LogP contribution in [0.4, 0.5) is 4.39 Å². The van der Waals surface area contributed by atoms with Crippen LogP contribution in [0.15, 0.2) is 66.7 Å². The van der Waals surface area contributed by atoms with Crippen LogP contribution in [-0.2, 0) is 22.7 Å². The van der Waals surface area contributed by atoms with Gasteiger partial charge in [-0.05, 0) is 48.7 Å². The average Bonchev–Trinajstić information content (AvgIpc) is 3.71. The van der Waals surface area contributed by atoms with Crippen LogP contribution < -0.4 is 14.8 Å². The Labute approximate surface area is 224 Å². The molecule has 3 aromatic carbocycles. The maximum absolute atomic E-state index is 15.3. The van der Waals surface area contributed by atoms with E-state index in [-0.39, 0.29) is 31.5 Å². The summed E-state index contributed by atoms with van der Waals surface area (Å²) in [6.07, 6.45) is 3.76. The van der Waals surface area contributed by atoms with Crippen LogP contribution in [0.2, 0.25) is 0 Å². The van der Waals surface area contributed by atoms with Gasteiger partial charge in [-0.25, -0.2) is 9.07 Å². The second kappa shape index (κ2) is 10.7. The van der Waals surface area contributed by atoms with Crippen molar-refractivity contribution in [2.24, 2.45) is 0 Å². The molecule has 2 amide bonds. The molecular formula is C29H28FN5O4. The van der Waals surface area contributed by atoms with Gasteiger partial charge in [0.15, 0.2) is 11.5 Å². The van der Waals surface area contributed by atoms with Crippen LogP contribution in [0.5, 0.6) is 11.5 Å². The minimum Gasteiger partial charge on any atom is -0.454 e. The predicted molar refractivity (Wildman–Crippen MR) is 140 cm³/mol. The molecule has 9 nitrogen and oxygen atoms in total. The maximum atomic E-state index is 15.3. The molecule has 6 rings (SSSR count). The zero-order chi connectivity index (χ0) is 26.8. The molecule has 1 N–H and O–H groups in total. The molecule has 39 heavy (non-hydrogen) atoms. The second-order valence-electron chi connectivity index (χ2n) is 9.86. The number of nitrogens with one attached hydrogen (secondary N) is 1. The van der Waals surface area contributed by atoms with Gasteiger partial charge in [-0.2, -0.15) is 0 Å². The summed E-state index contributed by atoms with van der Waals surface area (Å²) in [6, 6.07) is 17.6. The third kappa shape index (κ3) is 5.14. The molecule has 1 fully saturated rings. The summed E-state index contributed by atoms with van der Waals surface area (Å²) >= 11 is 0. The molecule has 1 saturated carbocycles. The molecule has 0 saturated heterocycles. The van der Waals surface area contributed by atoms with Gasteiger partial charge in [-0.1, -0.05) is 54.5 Å². The lowest BCUT2D eigenvalue weighted by atomic mass is 10.0. The topological polar surface area (TPSA) is 98.6 Å². The molecule has 0 radical (unpaired) electrons. The molecule has 1 aliphatic heterocycles. The first-order chi connectivity index (χ1) is 19.1. The van der Waals surface area contributed by atoms with Crippen LogP contribution in [0.1, 0.15) is 42.9 Å². The van der Waals surface area contributed by atoms with Crippen molar-refractivity contribution in [2.45, 2.75) is 50.9 Å². The molecule has 2 heterocycles. The number of hydrogen-bond acceptors (Lipinski definition) is 6. The van der Waals surface area contributed by atoms with E-state index >= 15 is 4.39 Å². The van der Waals surface area contributed by atoms with E-state index in [0.717, 1.165) is 25.7 Å². The van der Waals surface area contributed by atoms with Crippen molar-refractivity contribution in [3.63, 3.8) is 0 Å². The van der Waals surface area contributed by atoms with Gasteiger partial charge in [-0.3, -0.25) is 9.59 Å². The van der Waals surface area contributed by atoms with Gasteiger partial charge in [0.1, 0.15) is 23.9 Å². The number of amides is 2. The number of carbonyl (C=O) groups is 2. The third-order valence-corrected chi connectivity index (χ3v) is 7.28. The number of ether oxygens (including phenoxy) is 2. The van der Waals surface area contributed by atoms with Crippen LogP contribution in [0.25, 0.3) is 11.0 Å². The SMILES string of the molecule is O=C(NC1CCCC1)C(c1ccccc1F)N(Cc1ccc2c(c1)OCO2)C(=O)Cn1nnc2ccccc21. The lowest BCUT2D eigenvalue weighted by molar-refractivity contribution is -0.142. The smallest absolute Gasteiger partial charge is 0.247 e. The first-order valence-corrected chi connectivity index (χ1v) is 13.1. The molecule has 0 spiro atoms. The number of nitrogens with zero attached hydrogens (tertiary/aromatic N) is 4. The van der Waals surface area contributed by atoms with E-state index in [1.165, 1.54) is 15.6 Å². The van der Waals surface area contributed by atoms with Gasteiger partial charge in [0, 0.05) is 18.2 Å². The number of fused-ring (bicyclic) bond motifs is 2. The van der Waals surface area contributed by atoms with Crippen molar-refractivity contribution in [2.75, 3.05) is 6.79 Å². The summed E-state index contributed by atoms with van der Waals surface area (Å²) in [4.78, 5) is 29.3. The summed E-state index contributed by atoms with van der Waals surface area (Å²) in [5.41, 5.74) is 2.18. The first-order valence-electron chi connectivity index (χ1n) is 13.1. The molecule has 1 atom stereocenters. The van der Waals surface area contributed by atoms with E-state index in [1.54, 1.807) is 30.3 Å². The Morgan fingerprint density at radius 3 is 2.64 bits per heavy atom. The molecular weight excluding hydrogens is 501 g/mol. The number of aromatic nitrogens is 3. The standard InChI is InChI=1S/C29H28FN5O4/c30-22-10-4-3-9-21(22)28(29(37)31-20-7-1-2-8-20)34(16-19-13-14-25-26(15-19)39-18-38-25)27(36)17-35-24-12-6-5-11-23(24)32-33-35/h3-6,9-15,20,28H,1-2,7-8,16-18H2,(H,31,37). The Morgan fingerprint density at radius 2 is 1.79 bits per heavy atom. The molecule has 200 valence electrons. The predicted octanol–water partition coefficient (Wildman–Crippen LogP) is 4.13. The van der Waals surface area contributed by atoms with Gasteiger partial charge in [0.05, 0.1) is 5.52 Å². The highest BCUT2D eigenvalue weighted by atomic mass is 19.1. The normalized spacial score (nSPS) is 15.4. The number of halogens is 1. The van der Waals surface area contributed by atoms with Gasteiger partial charge in [-0.15, -0.1) is 5.10 Å². The molecule has 1 aliphatic carbocycles. The van der Waals surface area contributed by atoms with E-state index in [9.17, 15) is 9.59 Å². The van der Waals surface area contributed by atoms with Gasteiger partial charge < -0.3 is 19.7 Å². The lowest BCUT2D eigenvalue weighted by Crippen LogP contribution is -2.47. The van der Waals surface area contributed by atoms with Crippen LogP contribution in [0.3, 0.4) is 0 Å². The Kier molecular flexibility index (Phi) is 6.83. The highest BCUT2D eigenvalue weighted by Crippen LogP contribution is 2.34. The largest absolute Gasteiger partial charge is 0.454 e. The fourth-order valence-corrected chi connectivity index (χ4v) is 5.31. The number of carbonyl (C=O) groups excluding carboxylic acids is 2. The molecule has 0 bridgehead atoms. The summed E-state index contributed by atoms with van der Waals surface area (Å²) in [5.74, 6) is -0.211. The third-order valence-electron chi connectivity index (χ3n) is 7.28. The van der Waals surface area contributed by atoms with Crippen LogP contribution >= 0.6 is 0 Å². The van der Waals surface area contributed by atoms with Gasteiger partial charge >= 0.3 is 0 Å². The zero-order valence-corrected chi connectivity index (χ0v) is 21.3. The fourth-order valence-electron chi connectivity index (χ4n) is 5.31. The maximum Gasteiger partial charge on any atom is 0.247 e. The van der Waals surface area contributed by atoms with Crippen molar-refractivity contribution < 1.29 is 23.5 Å². The second-order valence-corrected chi connectivity index (χ2v) is 9.86. The van der Waals surface area contributed by atoms with E-state index in [4.69, 9.17) is 9.47 Å². The molecule has 1 aromatic heterocycles. The average molecular weight is 530 g/mol. The Morgan fingerprint density at radius 1 is 1.03 bits per heavy atom. The van der Waals surface area contributed by atoms with E-state index in [1.807, 2.05) is 30.3 Å². The molecule has 2 aliphatic rings. The summed E-state index contributed by atoms with van der Waals surface area (Å²) in [7, 11) is 0. The highest BCUT2D eigenvalue weighted by molar-refractivity contribution is 5.89. The Bertz CT molecular complexity index is 1520. The van der Waals surface area contributed by atoms with Gasteiger partial charge in [0.25, 0.3) is 0 Å². The lowest BCUT2D eigenvalue weighted by Gasteiger charge is -2.32. The van der Waals surface area contributed by atoms with Crippen LogP contribution in [0, 0.1) is 5.82 Å². The van der Waals surface area contributed by atoms with Crippen molar-refractivity contribution in [1.82, 2.24) is 25.2 Å². The highest BCUT2D eigenvalue weighted by Gasteiger charge is 2.35. The van der Waals surface area contributed by atoms with Crippen molar-refractivity contribution >= 4 is 22.8 Å². The minimum atomic E-state index is -1.19. The minimum absolute atomic E-state index is 0.00599. The van der Waals surface area contributed by atoms with Crippen molar-refractivity contribution in [3.05, 3.63) is 83.7 Å². The van der Waals surface area contributed by atoms with E-state index in [2.05, 4.69) is 15.6 Å². The Hall–Kier alpha value is -4.47.